The number of benzene rings is 2. The van der Waals surface area contributed by atoms with E-state index < -0.39 is 23.7 Å². The average molecular weight is 734 g/mol. The van der Waals surface area contributed by atoms with Crippen LogP contribution in [-0.4, -0.2) is 66.6 Å². The molecule has 0 atom stereocenters. The Morgan fingerprint density at radius 2 is 1.07 bits per heavy atom. The number of nitrogens with two attached hydrogens (primary N) is 1. The topological polar surface area (TPSA) is 195 Å². The summed E-state index contributed by atoms with van der Waals surface area (Å²) in [5.41, 5.74) is 13.3. The highest BCUT2D eigenvalue weighted by Gasteiger charge is 2.20. The van der Waals surface area contributed by atoms with Gasteiger partial charge in [0.2, 0.25) is 17.1 Å². The molecular formula is C38H43N11O5. The molecule has 6 aromatic rings. The number of carboxylic acids is 1. The molecule has 0 radical (unpaired) electrons. The van der Waals surface area contributed by atoms with Crippen molar-refractivity contribution in [1.29, 1.82) is 0 Å². The molecule has 16 nitrogen and oxygen atoms in total. The maximum Gasteiger partial charge on any atom is 0.335 e. The van der Waals surface area contributed by atoms with E-state index in [1.807, 2.05) is 50.7 Å². The molecule has 0 saturated carbocycles. The molecule has 6 rings (SSSR count). The molecular weight excluding hydrogens is 690 g/mol. The third-order valence-corrected chi connectivity index (χ3v) is 9.63. The number of hydrogen-bond acceptors (Lipinski definition) is 6. The number of aromatic nitrogens is 8. The van der Waals surface area contributed by atoms with E-state index in [9.17, 15) is 24.3 Å². The van der Waals surface area contributed by atoms with E-state index in [0.29, 0.717) is 82.3 Å². The Labute approximate surface area is 309 Å². The van der Waals surface area contributed by atoms with Crippen molar-refractivity contribution in [3.8, 4) is 0 Å². The SMILES string of the molecule is CCn1nc(C)cc1C(=O)N=c1n(C)c2cc(C(N)=O)ccc2n1C/C(C)=C(\C)Cn1c(=NC(=O)c2cc(C)nn2CC)n(C)c2cc(C(=O)O)ccc21. The Kier molecular flexibility index (Phi) is 9.95. The molecule has 0 aliphatic rings. The van der Waals surface area contributed by atoms with Crippen molar-refractivity contribution in [2.24, 2.45) is 29.8 Å². The number of amides is 3. The number of aryl methyl sites for hydroxylation is 6. The van der Waals surface area contributed by atoms with Gasteiger partial charge < -0.3 is 29.1 Å². The largest absolute Gasteiger partial charge is 0.478 e. The molecule has 4 heterocycles. The van der Waals surface area contributed by atoms with Crippen molar-refractivity contribution in [2.45, 2.75) is 67.7 Å². The van der Waals surface area contributed by atoms with Crippen molar-refractivity contribution in [2.75, 3.05) is 0 Å². The zero-order chi connectivity index (χ0) is 39.2. The van der Waals surface area contributed by atoms with E-state index in [4.69, 9.17) is 5.73 Å². The lowest BCUT2D eigenvalue weighted by molar-refractivity contribution is 0.0696. The Balaban J connectivity index is 1.50. The van der Waals surface area contributed by atoms with Gasteiger partial charge in [0.1, 0.15) is 11.4 Å². The van der Waals surface area contributed by atoms with Crippen molar-refractivity contribution in [1.82, 2.24) is 37.8 Å². The van der Waals surface area contributed by atoms with Crippen LogP contribution in [0, 0.1) is 13.8 Å². The second-order valence-corrected chi connectivity index (χ2v) is 13.3. The number of allylic oxidation sites excluding steroid dienone is 2. The second-order valence-electron chi connectivity index (χ2n) is 13.3. The molecule has 0 unspecified atom stereocenters. The van der Waals surface area contributed by atoms with Crippen LogP contribution in [0.25, 0.3) is 22.1 Å². The molecule has 4 aromatic heterocycles. The predicted octanol–water partition coefficient (Wildman–Crippen LogP) is 3.64. The van der Waals surface area contributed by atoms with Gasteiger partial charge in [0.25, 0.3) is 11.8 Å². The molecule has 16 heteroatoms. The van der Waals surface area contributed by atoms with Gasteiger partial charge in [-0.1, -0.05) is 11.1 Å². The van der Waals surface area contributed by atoms with E-state index in [1.54, 1.807) is 75.1 Å². The summed E-state index contributed by atoms with van der Waals surface area (Å²) in [5.74, 6) is -2.60. The Morgan fingerprint density at radius 1 is 0.667 bits per heavy atom. The molecule has 0 saturated heterocycles. The summed E-state index contributed by atoms with van der Waals surface area (Å²) < 4.78 is 10.5. The average Bonchev–Trinajstić information content (AvgIpc) is 3.86. The molecule has 0 spiro atoms. The first kappa shape index (κ1) is 37.2. The molecule has 3 N–H and O–H groups in total. The summed E-state index contributed by atoms with van der Waals surface area (Å²) in [6, 6.07) is 13.3. The van der Waals surface area contributed by atoms with E-state index in [2.05, 4.69) is 20.2 Å². The molecule has 3 amide bonds. The van der Waals surface area contributed by atoms with Crippen LogP contribution in [0.15, 0.2) is 69.7 Å². The Bertz CT molecular complexity index is 2520. The number of imidazole rings is 2. The Morgan fingerprint density at radius 3 is 1.46 bits per heavy atom. The van der Waals surface area contributed by atoms with Crippen molar-refractivity contribution in [3.05, 3.63) is 105 Å². The first-order chi connectivity index (χ1) is 25.6. The van der Waals surface area contributed by atoms with Crippen molar-refractivity contribution < 1.29 is 24.3 Å². The molecule has 280 valence electrons. The lowest BCUT2D eigenvalue weighted by atomic mass is 10.1. The second kappa shape index (κ2) is 14.4. The van der Waals surface area contributed by atoms with Crippen LogP contribution in [0.1, 0.15) is 80.8 Å². The maximum atomic E-state index is 13.7. The quantitative estimate of drug-likeness (QED) is 0.201. The number of carbonyl (C=O) groups is 4. The number of carbonyl (C=O) groups excluding carboxylic acids is 3. The predicted molar refractivity (Wildman–Crippen MR) is 201 cm³/mol. The van der Waals surface area contributed by atoms with Gasteiger partial charge in [0.15, 0.2) is 0 Å². The van der Waals surface area contributed by atoms with Gasteiger partial charge in [0.05, 0.1) is 39.0 Å². The number of primary amides is 1. The van der Waals surface area contributed by atoms with E-state index >= 15 is 0 Å². The number of aromatic carboxylic acids is 1. The summed E-state index contributed by atoms with van der Waals surface area (Å²) in [5, 5.41) is 18.5. The molecule has 0 aliphatic carbocycles. The third kappa shape index (κ3) is 6.73. The summed E-state index contributed by atoms with van der Waals surface area (Å²) in [6.45, 7) is 12.9. The minimum atomic E-state index is -1.07. The molecule has 2 aromatic carbocycles. The highest BCUT2D eigenvalue weighted by Crippen LogP contribution is 2.21. The zero-order valence-electron chi connectivity index (χ0n) is 31.6. The van der Waals surface area contributed by atoms with Crippen LogP contribution >= 0.6 is 0 Å². The van der Waals surface area contributed by atoms with Gasteiger partial charge >= 0.3 is 5.97 Å². The minimum absolute atomic E-state index is 0.103. The number of hydrogen-bond donors (Lipinski definition) is 2. The van der Waals surface area contributed by atoms with Crippen molar-refractivity contribution in [3.63, 3.8) is 0 Å². The molecule has 0 bridgehead atoms. The van der Waals surface area contributed by atoms with Crippen molar-refractivity contribution >= 4 is 45.8 Å². The fourth-order valence-corrected chi connectivity index (χ4v) is 6.66. The highest BCUT2D eigenvalue weighted by molar-refractivity contribution is 5.97. The van der Waals surface area contributed by atoms with Crippen LogP contribution in [0.4, 0.5) is 0 Å². The number of nitrogens with zero attached hydrogens (tertiary/aromatic N) is 10. The standard InChI is InChI=1S/C38H43N11O5/c1-9-48-31(15-23(5)42-48)34(51)40-37-44(7)29-17-25(33(39)50)11-13-27(29)46(37)19-21(3)22(4)20-47-28-14-12-26(36(53)54)18-30(28)45(8)38(47)41-35(52)32-16-24(6)43-49(32)10-2/h11-18H,9-10,19-20H2,1-8H3,(H2,39,50)(H,53,54)/b22-21+,40-37?,41-38?. The van der Waals surface area contributed by atoms with Crippen LogP contribution in [-0.2, 0) is 40.3 Å². The lowest BCUT2D eigenvalue weighted by Gasteiger charge is -2.12. The monoisotopic (exact) mass is 733 g/mol. The van der Waals surface area contributed by atoms with Gasteiger partial charge in [0, 0.05) is 45.8 Å². The van der Waals surface area contributed by atoms with Gasteiger partial charge in [-0.15, -0.1) is 0 Å². The zero-order valence-corrected chi connectivity index (χ0v) is 31.6. The molecule has 0 fully saturated rings. The van der Waals surface area contributed by atoms with E-state index in [-0.39, 0.29) is 5.56 Å². The van der Waals surface area contributed by atoms with Crippen LogP contribution in [0.5, 0.6) is 0 Å². The summed E-state index contributed by atoms with van der Waals surface area (Å²) >= 11 is 0. The first-order valence-electron chi connectivity index (χ1n) is 17.5. The number of carboxylic acid groups (broad SMARTS) is 1. The number of rotatable bonds is 10. The number of fused-ring (bicyclic) bond motifs is 2. The minimum Gasteiger partial charge on any atom is -0.478 e. The van der Waals surface area contributed by atoms with Gasteiger partial charge in [-0.05, 0) is 90.1 Å². The molecule has 54 heavy (non-hydrogen) atoms. The summed E-state index contributed by atoms with van der Waals surface area (Å²) in [6.07, 6.45) is 0. The normalized spacial score (nSPS) is 13.0. The smallest absolute Gasteiger partial charge is 0.335 e. The van der Waals surface area contributed by atoms with Gasteiger partial charge in [-0.25, -0.2) is 4.79 Å². The van der Waals surface area contributed by atoms with Gasteiger partial charge in [-0.2, -0.15) is 20.2 Å². The first-order valence-corrected chi connectivity index (χ1v) is 17.5. The van der Waals surface area contributed by atoms with Gasteiger partial charge in [-0.3, -0.25) is 23.7 Å². The Hall–Kier alpha value is -6.58. The van der Waals surface area contributed by atoms with E-state index in [0.717, 1.165) is 16.7 Å². The van der Waals surface area contributed by atoms with Crippen LogP contribution in [0.3, 0.4) is 0 Å². The fraction of sp³-hybridized carbons (Fsp3) is 0.316. The third-order valence-electron chi connectivity index (χ3n) is 9.63. The van der Waals surface area contributed by atoms with E-state index in [1.165, 1.54) is 6.07 Å². The molecule has 0 aliphatic heterocycles. The summed E-state index contributed by atoms with van der Waals surface area (Å²) in [7, 11) is 3.52. The summed E-state index contributed by atoms with van der Waals surface area (Å²) in [4.78, 5) is 60.5. The van der Waals surface area contributed by atoms with Crippen LogP contribution < -0.4 is 17.0 Å². The van der Waals surface area contributed by atoms with Crippen LogP contribution in [0.2, 0.25) is 0 Å². The fourth-order valence-electron chi connectivity index (χ4n) is 6.66. The lowest BCUT2D eigenvalue weighted by Crippen LogP contribution is -2.28. The maximum absolute atomic E-state index is 13.7. The highest BCUT2D eigenvalue weighted by atomic mass is 16.4.